The van der Waals surface area contributed by atoms with Gasteiger partial charge in [0.2, 0.25) is 0 Å². The minimum Gasteiger partial charge on any atom is -0.351 e. The van der Waals surface area contributed by atoms with Crippen molar-refractivity contribution in [1.82, 2.24) is 15.3 Å². The van der Waals surface area contributed by atoms with Crippen LogP contribution >= 0.6 is 0 Å². The Hall–Kier alpha value is -2.64. The van der Waals surface area contributed by atoms with Gasteiger partial charge in [0.05, 0.1) is 17.8 Å². The highest BCUT2D eigenvalue weighted by atomic mass is 19.4. The molecule has 1 saturated heterocycles. The molecule has 8 heteroatoms. The number of carbonyl (C=O) groups excluding carboxylic acids is 1. The summed E-state index contributed by atoms with van der Waals surface area (Å²) < 4.78 is 38.0. The zero-order valence-corrected chi connectivity index (χ0v) is 11.9. The first-order chi connectivity index (χ1) is 10.9. The largest absolute Gasteiger partial charge is 0.416 e. The van der Waals surface area contributed by atoms with Crippen LogP contribution in [-0.4, -0.2) is 35.0 Å². The Morgan fingerprint density at radius 2 is 2.04 bits per heavy atom. The van der Waals surface area contributed by atoms with Crippen molar-refractivity contribution in [3.05, 3.63) is 54.0 Å². The van der Waals surface area contributed by atoms with Gasteiger partial charge in [-0.15, -0.1) is 0 Å². The van der Waals surface area contributed by atoms with Crippen LogP contribution in [0, 0.1) is 0 Å². The van der Waals surface area contributed by atoms with Gasteiger partial charge >= 0.3 is 6.18 Å². The first-order valence-electron chi connectivity index (χ1n) is 6.92. The second-order valence-corrected chi connectivity index (χ2v) is 5.22. The Balaban J connectivity index is 1.59. The summed E-state index contributed by atoms with van der Waals surface area (Å²) in [5, 5.41) is 2.71. The molecule has 0 aliphatic carbocycles. The third-order valence-corrected chi connectivity index (χ3v) is 3.54. The maximum absolute atomic E-state index is 12.7. The lowest BCUT2D eigenvalue weighted by Gasteiger charge is -2.40. The number of hydrogen-bond donors (Lipinski definition) is 1. The van der Waals surface area contributed by atoms with Gasteiger partial charge in [0.25, 0.3) is 5.91 Å². The average Bonchev–Trinajstić information content (AvgIpc) is 2.50. The molecule has 1 aliphatic rings. The summed E-state index contributed by atoms with van der Waals surface area (Å²) in [7, 11) is 0. The van der Waals surface area contributed by atoms with Gasteiger partial charge in [0, 0.05) is 31.0 Å². The SMILES string of the molecule is O=C(NC1CN(c2cnccn2)C1)c1cccc(C(F)(F)F)c1. The van der Waals surface area contributed by atoms with Crippen molar-refractivity contribution >= 4 is 11.7 Å². The molecule has 0 unspecified atom stereocenters. The van der Waals surface area contributed by atoms with Crippen molar-refractivity contribution in [1.29, 1.82) is 0 Å². The van der Waals surface area contributed by atoms with Gasteiger partial charge in [-0.25, -0.2) is 4.98 Å². The van der Waals surface area contributed by atoms with E-state index in [2.05, 4.69) is 15.3 Å². The summed E-state index contributed by atoms with van der Waals surface area (Å²) in [6, 6.07) is 4.26. The number of hydrogen-bond acceptors (Lipinski definition) is 4. The van der Waals surface area contributed by atoms with Crippen LogP contribution in [0.4, 0.5) is 19.0 Å². The molecule has 1 N–H and O–H groups in total. The van der Waals surface area contributed by atoms with E-state index in [1.807, 2.05) is 4.90 Å². The lowest BCUT2D eigenvalue weighted by atomic mass is 10.1. The van der Waals surface area contributed by atoms with Gasteiger partial charge in [-0.3, -0.25) is 9.78 Å². The summed E-state index contributed by atoms with van der Waals surface area (Å²) in [5.41, 5.74) is -0.835. The van der Waals surface area contributed by atoms with E-state index >= 15 is 0 Å². The van der Waals surface area contributed by atoms with E-state index in [4.69, 9.17) is 0 Å². The number of carbonyl (C=O) groups is 1. The fourth-order valence-corrected chi connectivity index (χ4v) is 2.32. The van der Waals surface area contributed by atoms with E-state index in [1.165, 1.54) is 12.1 Å². The van der Waals surface area contributed by atoms with Crippen LogP contribution in [0.25, 0.3) is 0 Å². The molecule has 0 saturated carbocycles. The zero-order chi connectivity index (χ0) is 16.4. The molecule has 1 aromatic carbocycles. The van der Waals surface area contributed by atoms with E-state index < -0.39 is 17.6 Å². The Kier molecular flexibility index (Phi) is 3.89. The summed E-state index contributed by atoms with van der Waals surface area (Å²) >= 11 is 0. The second kappa shape index (κ2) is 5.86. The fraction of sp³-hybridized carbons (Fsp3) is 0.267. The van der Waals surface area contributed by atoms with E-state index in [9.17, 15) is 18.0 Å². The molecule has 0 bridgehead atoms. The van der Waals surface area contributed by atoms with E-state index in [0.717, 1.165) is 12.1 Å². The molecule has 1 aromatic heterocycles. The molecule has 2 aromatic rings. The third-order valence-electron chi connectivity index (χ3n) is 3.54. The van der Waals surface area contributed by atoms with E-state index in [-0.39, 0.29) is 11.6 Å². The van der Waals surface area contributed by atoms with Crippen LogP contribution in [0.5, 0.6) is 0 Å². The van der Waals surface area contributed by atoms with E-state index in [0.29, 0.717) is 18.9 Å². The molecule has 120 valence electrons. The molecule has 1 amide bonds. The van der Waals surface area contributed by atoms with Gasteiger partial charge in [0.15, 0.2) is 0 Å². The maximum atomic E-state index is 12.7. The van der Waals surface area contributed by atoms with Gasteiger partial charge < -0.3 is 10.2 Å². The minimum atomic E-state index is -4.46. The number of nitrogens with one attached hydrogen (secondary N) is 1. The summed E-state index contributed by atoms with van der Waals surface area (Å²) in [4.78, 5) is 22.1. The Bertz CT molecular complexity index is 699. The monoisotopic (exact) mass is 322 g/mol. The maximum Gasteiger partial charge on any atom is 0.416 e. The molecular formula is C15H13F3N4O. The average molecular weight is 322 g/mol. The van der Waals surface area contributed by atoms with Gasteiger partial charge in [-0.2, -0.15) is 13.2 Å². The first kappa shape index (κ1) is 15.3. The fourth-order valence-electron chi connectivity index (χ4n) is 2.32. The predicted molar refractivity (Wildman–Crippen MR) is 76.9 cm³/mol. The first-order valence-corrected chi connectivity index (χ1v) is 6.92. The predicted octanol–water partition coefficient (Wildman–Crippen LogP) is 2.11. The smallest absolute Gasteiger partial charge is 0.351 e. The molecule has 1 aliphatic heterocycles. The number of amides is 1. The normalized spacial score (nSPS) is 15.2. The lowest BCUT2D eigenvalue weighted by molar-refractivity contribution is -0.137. The molecule has 5 nitrogen and oxygen atoms in total. The van der Waals surface area contributed by atoms with Crippen LogP contribution in [0.1, 0.15) is 15.9 Å². The van der Waals surface area contributed by atoms with Crippen molar-refractivity contribution in [2.45, 2.75) is 12.2 Å². The van der Waals surface area contributed by atoms with Gasteiger partial charge in [0.1, 0.15) is 5.82 Å². The van der Waals surface area contributed by atoms with Gasteiger partial charge in [-0.1, -0.05) is 6.07 Å². The number of nitrogens with zero attached hydrogens (tertiary/aromatic N) is 3. The highest BCUT2D eigenvalue weighted by Crippen LogP contribution is 2.29. The molecule has 0 atom stereocenters. The molecule has 1 fully saturated rings. The molecule has 0 radical (unpaired) electrons. The molecule has 23 heavy (non-hydrogen) atoms. The standard InChI is InChI=1S/C15H13F3N4O/c16-15(17,18)11-3-1-2-10(6-11)14(23)21-12-8-22(9-12)13-7-19-4-5-20-13/h1-7,12H,8-9H2,(H,21,23). The van der Waals surface area contributed by atoms with E-state index in [1.54, 1.807) is 18.6 Å². The van der Waals surface area contributed by atoms with Crippen LogP contribution in [0.3, 0.4) is 0 Å². The second-order valence-electron chi connectivity index (χ2n) is 5.22. The highest BCUT2D eigenvalue weighted by molar-refractivity contribution is 5.94. The number of anilines is 1. The number of rotatable bonds is 3. The Morgan fingerprint density at radius 1 is 1.26 bits per heavy atom. The Labute approximate surface area is 130 Å². The van der Waals surface area contributed by atoms with Gasteiger partial charge in [-0.05, 0) is 18.2 Å². The quantitative estimate of drug-likeness (QED) is 0.940. The number of benzene rings is 1. The molecular weight excluding hydrogens is 309 g/mol. The summed E-state index contributed by atoms with van der Waals surface area (Å²) in [6.45, 7) is 1.09. The van der Waals surface area contributed by atoms with Crippen molar-refractivity contribution in [2.24, 2.45) is 0 Å². The third kappa shape index (κ3) is 3.41. The van der Waals surface area contributed by atoms with Crippen molar-refractivity contribution in [3.63, 3.8) is 0 Å². The van der Waals surface area contributed by atoms with Crippen molar-refractivity contribution in [2.75, 3.05) is 18.0 Å². The lowest BCUT2D eigenvalue weighted by Crippen LogP contribution is -2.59. The number of aromatic nitrogens is 2. The molecule has 0 spiro atoms. The van der Waals surface area contributed by atoms with Crippen LogP contribution < -0.4 is 10.2 Å². The number of alkyl halides is 3. The topological polar surface area (TPSA) is 58.1 Å². The summed E-state index contributed by atoms with van der Waals surface area (Å²) in [5.74, 6) is 0.192. The summed E-state index contributed by atoms with van der Waals surface area (Å²) in [6.07, 6.45) is 0.292. The zero-order valence-electron chi connectivity index (χ0n) is 11.9. The molecule has 3 rings (SSSR count). The van der Waals surface area contributed by atoms with Crippen molar-refractivity contribution in [3.8, 4) is 0 Å². The molecule has 2 heterocycles. The number of halogens is 3. The van der Waals surface area contributed by atoms with Crippen LogP contribution in [0.2, 0.25) is 0 Å². The van der Waals surface area contributed by atoms with Crippen molar-refractivity contribution < 1.29 is 18.0 Å². The highest BCUT2D eigenvalue weighted by Gasteiger charge is 2.32. The Morgan fingerprint density at radius 3 is 2.70 bits per heavy atom. The van der Waals surface area contributed by atoms with Crippen LogP contribution in [-0.2, 0) is 6.18 Å². The van der Waals surface area contributed by atoms with Crippen LogP contribution in [0.15, 0.2) is 42.9 Å². The minimum absolute atomic E-state index is 0.00206.